The molecule has 140 valence electrons. The number of hydrogen-bond donors (Lipinski definition) is 2. The minimum atomic E-state index is 0.542. The highest BCUT2D eigenvalue weighted by Gasteiger charge is 2.16. The van der Waals surface area contributed by atoms with Crippen LogP contribution in [-0.2, 0) is 13.6 Å². The lowest BCUT2D eigenvalue weighted by Gasteiger charge is -2.25. The molecule has 27 heavy (non-hydrogen) atoms. The van der Waals surface area contributed by atoms with E-state index in [2.05, 4.69) is 49.2 Å². The predicted octanol–water partition coefficient (Wildman–Crippen LogP) is 3.63. The van der Waals surface area contributed by atoms with Crippen LogP contribution in [0.1, 0.15) is 37.7 Å². The molecule has 0 atom stereocenters. The molecule has 1 saturated carbocycles. The maximum atomic E-state index is 4.32. The Labute approximate surface area is 159 Å². The van der Waals surface area contributed by atoms with Crippen molar-refractivity contribution in [3.05, 3.63) is 48.3 Å². The van der Waals surface area contributed by atoms with Gasteiger partial charge in [0.05, 0.1) is 18.4 Å². The molecule has 7 nitrogen and oxygen atoms in total. The van der Waals surface area contributed by atoms with Crippen LogP contribution in [-0.4, -0.2) is 31.2 Å². The number of anilines is 2. The van der Waals surface area contributed by atoms with Crippen molar-refractivity contribution in [3.63, 3.8) is 0 Å². The van der Waals surface area contributed by atoms with Crippen LogP contribution in [0.5, 0.6) is 0 Å². The normalized spacial score (nSPS) is 14.9. The second-order valence-electron chi connectivity index (χ2n) is 7.05. The monoisotopic (exact) mass is 363 g/mol. The summed E-state index contributed by atoms with van der Waals surface area (Å²) in [6, 6.07) is 10.9. The van der Waals surface area contributed by atoms with E-state index in [0.29, 0.717) is 11.9 Å². The Morgan fingerprint density at radius 2 is 1.85 bits per heavy atom. The standard InChI is InChI=1S/C20H25N7/c1-27-25-20(24-26-27)16-7-8-18(23-17-5-3-2-4-6-17)19(13-16)22-14-15-9-11-21-12-10-15/h7-13,17,22-23H,2-6,14H2,1H3. The molecule has 2 N–H and O–H groups in total. The molecule has 4 rings (SSSR count). The third-order valence-electron chi connectivity index (χ3n) is 4.98. The van der Waals surface area contributed by atoms with E-state index >= 15 is 0 Å². The fraction of sp³-hybridized carbons (Fsp3) is 0.400. The zero-order valence-corrected chi connectivity index (χ0v) is 15.6. The Kier molecular flexibility index (Phi) is 5.27. The van der Waals surface area contributed by atoms with Crippen LogP contribution >= 0.6 is 0 Å². The van der Waals surface area contributed by atoms with Gasteiger partial charge in [-0.3, -0.25) is 4.98 Å². The molecule has 2 heterocycles. The Hall–Kier alpha value is -2.96. The van der Waals surface area contributed by atoms with Gasteiger partial charge in [-0.2, -0.15) is 4.80 Å². The van der Waals surface area contributed by atoms with E-state index in [0.717, 1.165) is 23.5 Å². The first-order chi connectivity index (χ1) is 13.3. The summed E-state index contributed by atoms with van der Waals surface area (Å²) in [6.45, 7) is 0.735. The summed E-state index contributed by atoms with van der Waals surface area (Å²) < 4.78 is 0. The molecule has 0 radical (unpaired) electrons. The molecule has 0 saturated heterocycles. The van der Waals surface area contributed by atoms with Crippen LogP contribution < -0.4 is 10.6 Å². The van der Waals surface area contributed by atoms with Crippen molar-refractivity contribution in [2.45, 2.75) is 44.7 Å². The summed E-state index contributed by atoms with van der Waals surface area (Å²) in [5.74, 6) is 0.633. The van der Waals surface area contributed by atoms with Gasteiger partial charge in [-0.1, -0.05) is 19.3 Å². The molecule has 0 aliphatic heterocycles. The average molecular weight is 363 g/mol. The van der Waals surface area contributed by atoms with E-state index in [1.807, 2.05) is 24.5 Å². The zero-order chi connectivity index (χ0) is 18.5. The quantitative estimate of drug-likeness (QED) is 0.696. The Bertz CT molecular complexity index is 869. The molecule has 0 spiro atoms. The minimum Gasteiger partial charge on any atom is -0.381 e. The molecular formula is C20H25N7. The number of hydrogen-bond acceptors (Lipinski definition) is 6. The number of rotatable bonds is 6. The summed E-state index contributed by atoms with van der Waals surface area (Å²) in [5, 5.41) is 19.7. The molecule has 0 unspecified atom stereocenters. The van der Waals surface area contributed by atoms with Crippen LogP contribution in [0.2, 0.25) is 0 Å². The first kappa shape index (κ1) is 17.5. The second-order valence-corrected chi connectivity index (χ2v) is 7.05. The highest BCUT2D eigenvalue weighted by atomic mass is 15.6. The van der Waals surface area contributed by atoms with Gasteiger partial charge in [0.15, 0.2) is 0 Å². The summed E-state index contributed by atoms with van der Waals surface area (Å²) in [4.78, 5) is 5.57. The van der Waals surface area contributed by atoms with E-state index < -0.39 is 0 Å². The first-order valence-electron chi connectivity index (χ1n) is 9.56. The van der Waals surface area contributed by atoms with E-state index in [1.54, 1.807) is 7.05 Å². The lowest BCUT2D eigenvalue weighted by molar-refractivity contribution is 0.463. The van der Waals surface area contributed by atoms with Gasteiger partial charge in [0.25, 0.3) is 0 Å². The first-order valence-corrected chi connectivity index (χ1v) is 9.56. The summed E-state index contributed by atoms with van der Waals surface area (Å²) in [6.07, 6.45) is 10.1. The molecule has 1 aromatic carbocycles. The second kappa shape index (κ2) is 8.16. The van der Waals surface area contributed by atoms with Gasteiger partial charge in [-0.15, -0.1) is 10.2 Å². The van der Waals surface area contributed by atoms with E-state index in [9.17, 15) is 0 Å². The average Bonchev–Trinajstić information content (AvgIpc) is 3.15. The minimum absolute atomic E-state index is 0.542. The largest absolute Gasteiger partial charge is 0.381 e. The molecule has 1 fully saturated rings. The lowest BCUT2D eigenvalue weighted by atomic mass is 9.95. The van der Waals surface area contributed by atoms with Crippen molar-refractivity contribution in [2.24, 2.45) is 7.05 Å². The van der Waals surface area contributed by atoms with Crippen molar-refractivity contribution < 1.29 is 0 Å². The van der Waals surface area contributed by atoms with E-state index in [1.165, 1.54) is 42.5 Å². The highest BCUT2D eigenvalue weighted by Crippen LogP contribution is 2.30. The fourth-order valence-electron chi connectivity index (χ4n) is 3.52. The van der Waals surface area contributed by atoms with Gasteiger partial charge in [0.2, 0.25) is 5.82 Å². The van der Waals surface area contributed by atoms with Crippen LogP contribution in [0.4, 0.5) is 11.4 Å². The number of nitrogens with one attached hydrogen (secondary N) is 2. The molecule has 1 aliphatic carbocycles. The lowest BCUT2D eigenvalue weighted by Crippen LogP contribution is -2.22. The number of pyridine rings is 1. The molecule has 7 heteroatoms. The van der Waals surface area contributed by atoms with Crippen molar-refractivity contribution in [1.82, 2.24) is 25.2 Å². The molecule has 1 aliphatic rings. The van der Waals surface area contributed by atoms with Gasteiger partial charge in [-0.25, -0.2) is 0 Å². The molecule has 2 aromatic heterocycles. The molecular weight excluding hydrogens is 338 g/mol. The van der Waals surface area contributed by atoms with Gasteiger partial charge in [0, 0.05) is 30.5 Å². The fourth-order valence-corrected chi connectivity index (χ4v) is 3.52. The number of aromatic nitrogens is 5. The SMILES string of the molecule is Cn1nnc(-c2ccc(NC3CCCCC3)c(NCc3ccncc3)c2)n1. The topological polar surface area (TPSA) is 80.5 Å². The smallest absolute Gasteiger partial charge is 0.204 e. The maximum Gasteiger partial charge on any atom is 0.204 e. The number of aryl methyl sites for hydroxylation is 1. The number of tetrazole rings is 1. The Morgan fingerprint density at radius 3 is 2.59 bits per heavy atom. The summed E-state index contributed by atoms with van der Waals surface area (Å²) in [5.41, 5.74) is 4.33. The predicted molar refractivity (Wildman–Crippen MR) is 106 cm³/mol. The Balaban J connectivity index is 1.58. The van der Waals surface area contributed by atoms with Crippen molar-refractivity contribution in [2.75, 3.05) is 10.6 Å². The van der Waals surface area contributed by atoms with Crippen molar-refractivity contribution in [1.29, 1.82) is 0 Å². The van der Waals surface area contributed by atoms with Gasteiger partial charge in [-0.05, 0) is 54.0 Å². The molecule has 0 bridgehead atoms. The summed E-state index contributed by atoms with van der Waals surface area (Å²) in [7, 11) is 1.78. The van der Waals surface area contributed by atoms with Gasteiger partial charge >= 0.3 is 0 Å². The Morgan fingerprint density at radius 1 is 1.04 bits per heavy atom. The van der Waals surface area contributed by atoms with Crippen LogP contribution in [0, 0.1) is 0 Å². The number of benzene rings is 1. The van der Waals surface area contributed by atoms with Crippen molar-refractivity contribution >= 4 is 11.4 Å². The van der Waals surface area contributed by atoms with Crippen LogP contribution in [0.15, 0.2) is 42.7 Å². The zero-order valence-electron chi connectivity index (χ0n) is 15.6. The summed E-state index contributed by atoms with van der Waals surface area (Å²) >= 11 is 0. The molecule has 0 amide bonds. The third kappa shape index (κ3) is 4.42. The maximum absolute atomic E-state index is 4.32. The number of nitrogens with zero attached hydrogens (tertiary/aromatic N) is 5. The van der Waals surface area contributed by atoms with Gasteiger partial charge < -0.3 is 10.6 Å². The third-order valence-corrected chi connectivity index (χ3v) is 4.98. The van der Waals surface area contributed by atoms with Gasteiger partial charge in [0.1, 0.15) is 0 Å². The van der Waals surface area contributed by atoms with Crippen LogP contribution in [0.25, 0.3) is 11.4 Å². The highest BCUT2D eigenvalue weighted by molar-refractivity contribution is 5.75. The van der Waals surface area contributed by atoms with E-state index in [4.69, 9.17) is 0 Å². The molecule has 3 aromatic rings. The van der Waals surface area contributed by atoms with Crippen LogP contribution in [0.3, 0.4) is 0 Å². The van der Waals surface area contributed by atoms with E-state index in [-0.39, 0.29) is 0 Å². The van der Waals surface area contributed by atoms with Crippen molar-refractivity contribution in [3.8, 4) is 11.4 Å².